The Morgan fingerprint density at radius 1 is 1.35 bits per heavy atom. The second-order valence-corrected chi connectivity index (χ2v) is 5.15. The van der Waals surface area contributed by atoms with Gasteiger partial charge in [0.2, 0.25) is 5.89 Å². The van der Waals surface area contributed by atoms with Gasteiger partial charge in [-0.2, -0.15) is 0 Å². The van der Waals surface area contributed by atoms with E-state index in [-0.39, 0.29) is 42.5 Å². The summed E-state index contributed by atoms with van der Waals surface area (Å²) < 4.78 is 14.7. The largest absolute Gasteiger partial charge is 0.464 e. The van der Waals surface area contributed by atoms with Crippen molar-refractivity contribution in [3.05, 3.63) is 57.8 Å². The van der Waals surface area contributed by atoms with Crippen molar-refractivity contribution in [1.29, 1.82) is 0 Å². The van der Waals surface area contributed by atoms with Gasteiger partial charge in [0.15, 0.2) is 5.69 Å². The average Bonchev–Trinajstić information content (AvgIpc) is 3.12. The quantitative estimate of drug-likeness (QED) is 0.394. The number of nitro benzene ring substituents is 1. The molecular weight excluding hydrogens is 346 g/mol. The van der Waals surface area contributed by atoms with Crippen LogP contribution in [0.2, 0.25) is 0 Å². The highest BCUT2D eigenvalue weighted by Crippen LogP contribution is 2.16. The predicted octanol–water partition coefficient (Wildman–Crippen LogP) is 1.66. The second-order valence-electron chi connectivity index (χ2n) is 5.15. The lowest BCUT2D eigenvalue weighted by atomic mass is 10.1. The lowest BCUT2D eigenvalue weighted by molar-refractivity contribution is -0.384. The summed E-state index contributed by atoms with van der Waals surface area (Å²) in [6, 6.07) is 5.40. The van der Waals surface area contributed by atoms with E-state index in [1.54, 1.807) is 0 Å². The number of hydrogen-bond donors (Lipinski definition) is 0. The first-order valence-electron chi connectivity index (χ1n) is 7.51. The van der Waals surface area contributed by atoms with Crippen molar-refractivity contribution in [2.45, 2.75) is 6.54 Å². The fraction of sp³-hybridized carbons (Fsp3) is 0.312. The summed E-state index contributed by atoms with van der Waals surface area (Å²) in [4.78, 5) is 39.8. The van der Waals surface area contributed by atoms with Gasteiger partial charge in [0, 0.05) is 31.4 Å². The zero-order valence-corrected chi connectivity index (χ0v) is 14.2. The summed E-state index contributed by atoms with van der Waals surface area (Å²) in [5.74, 6) is -0.989. The molecule has 1 heterocycles. The average molecular weight is 363 g/mol. The van der Waals surface area contributed by atoms with Crippen molar-refractivity contribution in [2.24, 2.45) is 0 Å². The van der Waals surface area contributed by atoms with Crippen LogP contribution in [-0.2, 0) is 16.0 Å². The van der Waals surface area contributed by atoms with Crippen molar-refractivity contribution in [2.75, 3.05) is 27.4 Å². The Kier molecular flexibility index (Phi) is 6.39. The zero-order chi connectivity index (χ0) is 19.1. The number of nitro groups is 1. The Balaban J connectivity index is 2.22. The van der Waals surface area contributed by atoms with Gasteiger partial charge in [-0.1, -0.05) is 6.07 Å². The molecule has 10 heteroatoms. The number of aromatic nitrogens is 1. The molecule has 0 saturated heterocycles. The number of carbonyl (C=O) groups is 2. The Morgan fingerprint density at radius 3 is 2.77 bits per heavy atom. The number of nitrogens with zero attached hydrogens (tertiary/aromatic N) is 3. The Labute approximate surface area is 148 Å². The number of benzene rings is 1. The molecule has 2 rings (SSSR count). The standard InChI is InChI=1S/C16H17N3O7/c1-24-7-6-18(9-14-17-13(10-26-14)16(21)25-2)15(20)11-4-3-5-12(8-11)19(22)23/h3-5,8,10H,6-7,9H2,1-2H3. The molecule has 1 aromatic heterocycles. The summed E-state index contributed by atoms with van der Waals surface area (Å²) in [6.45, 7) is 0.404. The second kappa shape index (κ2) is 8.72. The van der Waals surface area contributed by atoms with Crippen LogP contribution < -0.4 is 0 Å². The molecule has 0 N–H and O–H groups in total. The van der Waals surface area contributed by atoms with Crippen molar-refractivity contribution in [3.63, 3.8) is 0 Å². The van der Waals surface area contributed by atoms with Gasteiger partial charge in [0.1, 0.15) is 6.26 Å². The van der Waals surface area contributed by atoms with Crippen molar-refractivity contribution in [3.8, 4) is 0 Å². The van der Waals surface area contributed by atoms with E-state index in [9.17, 15) is 19.7 Å². The normalized spacial score (nSPS) is 10.4. The van der Waals surface area contributed by atoms with E-state index in [4.69, 9.17) is 9.15 Å². The third-order valence-electron chi connectivity index (χ3n) is 3.43. The van der Waals surface area contributed by atoms with Crippen LogP contribution in [0, 0.1) is 10.1 Å². The van der Waals surface area contributed by atoms with Crippen LogP contribution >= 0.6 is 0 Å². The predicted molar refractivity (Wildman–Crippen MR) is 87.6 cm³/mol. The number of oxazole rings is 1. The van der Waals surface area contributed by atoms with Crippen molar-refractivity contribution < 1.29 is 28.4 Å². The summed E-state index contributed by atoms with van der Waals surface area (Å²) in [7, 11) is 2.70. The summed E-state index contributed by atoms with van der Waals surface area (Å²) in [6.07, 6.45) is 1.13. The van der Waals surface area contributed by atoms with E-state index in [0.717, 1.165) is 6.26 Å². The minimum atomic E-state index is -0.659. The van der Waals surface area contributed by atoms with Crippen LogP contribution in [0.15, 0.2) is 34.9 Å². The molecule has 0 aliphatic rings. The van der Waals surface area contributed by atoms with Gasteiger partial charge in [-0.3, -0.25) is 14.9 Å². The molecule has 0 radical (unpaired) electrons. The van der Waals surface area contributed by atoms with E-state index >= 15 is 0 Å². The van der Waals surface area contributed by atoms with Crippen LogP contribution in [-0.4, -0.2) is 54.1 Å². The van der Waals surface area contributed by atoms with Crippen LogP contribution in [0.25, 0.3) is 0 Å². The molecule has 0 aliphatic carbocycles. The molecule has 2 aromatic rings. The number of carbonyl (C=O) groups excluding carboxylic acids is 2. The molecule has 0 spiro atoms. The number of esters is 1. The molecule has 10 nitrogen and oxygen atoms in total. The lowest BCUT2D eigenvalue weighted by Crippen LogP contribution is -2.33. The fourth-order valence-corrected chi connectivity index (χ4v) is 2.13. The molecule has 26 heavy (non-hydrogen) atoms. The van der Waals surface area contributed by atoms with E-state index in [2.05, 4.69) is 9.72 Å². The molecule has 0 atom stereocenters. The monoisotopic (exact) mass is 363 g/mol. The van der Waals surface area contributed by atoms with E-state index in [0.29, 0.717) is 0 Å². The molecule has 1 amide bonds. The number of hydrogen-bond acceptors (Lipinski definition) is 8. The fourth-order valence-electron chi connectivity index (χ4n) is 2.13. The van der Waals surface area contributed by atoms with Crippen LogP contribution in [0.4, 0.5) is 5.69 Å². The maximum Gasteiger partial charge on any atom is 0.360 e. The number of ether oxygens (including phenoxy) is 2. The summed E-state index contributed by atoms with van der Waals surface area (Å²) in [5.41, 5.74) is -0.0568. The van der Waals surface area contributed by atoms with Crippen LogP contribution in [0.1, 0.15) is 26.7 Å². The number of methoxy groups -OCH3 is 2. The summed E-state index contributed by atoms with van der Waals surface area (Å²) >= 11 is 0. The summed E-state index contributed by atoms with van der Waals surface area (Å²) in [5, 5.41) is 10.9. The zero-order valence-electron chi connectivity index (χ0n) is 14.2. The molecule has 138 valence electrons. The SMILES string of the molecule is COCCN(Cc1nc(C(=O)OC)co1)C(=O)c1cccc([N+](=O)[O-])c1. The first-order chi connectivity index (χ1) is 12.5. The van der Waals surface area contributed by atoms with E-state index in [1.807, 2.05) is 0 Å². The molecule has 0 unspecified atom stereocenters. The smallest absolute Gasteiger partial charge is 0.360 e. The maximum atomic E-state index is 12.7. The van der Waals surface area contributed by atoms with E-state index < -0.39 is 16.8 Å². The first kappa shape index (κ1) is 19.1. The van der Waals surface area contributed by atoms with Gasteiger partial charge < -0.3 is 18.8 Å². The molecule has 0 aliphatic heterocycles. The van der Waals surface area contributed by atoms with Crippen LogP contribution in [0.3, 0.4) is 0 Å². The molecular formula is C16H17N3O7. The van der Waals surface area contributed by atoms with Gasteiger partial charge in [-0.05, 0) is 6.07 Å². The minimum absolute atomic E-state index is 0.0167. The van der Waals surface area contributed by atoms with Gasteiger partial charge in [0.25, 0.3) is 11.6 Å². The van der Waals surface area contributed by atoms with Gasteiger partial charge >= 0.3 is 5.97 Å². The Morgan fingerprint density at radius 2 is 2.12 bits per heavy atom. The highest BCUT2D eigenvalue weighted by molar-refractivity contribution is 5.94. The molecule has 0 fully saturated rings. The molecule has 0 saturated carbocycles. The number of non-ortho nitro benzene ring substituents is 1. The maximum absolute atomic E-state index is 12.7. The Bertz CT molecular complexity index is 803. The minimum Gasteiger partial charge on any atom is -0.464 e. The third-order valence-corrected chi connectivity index (χ3v) is 3.43. The Hall–Kier alpha value is -3.27. The number of rotatable bonds is 8. The van der Waals surface area contributed by atoms with Gasteiger partial charge in [-0.15, -0.1) is 0 Å². The lowest BCUT2D eigenvalue weighted by Gasteiger charge is -2.20. The topological polar surface area (TPSA) is 125 Å². The molecule has 1 aromatic carbocycles. The van der Waals surface area contributed by atoms with Crippen LogP contribution in [0.5, 0.6) is 0 Å². The first-order valence-corrected chi connectivity index (χ1v) is 7.51. The van der Waals surface area contributed by atoms with Gasteiger partial charge in [0.05, 0.1) is 25.2 Å². The van der Waals surface area contributed by atoms with E-state index in [1.165, 1.54) is 43.4 Å². The highest BCUT2D eigenvalue weighted by Gasteiger charge is 2.21. The van der Waals surface area contributed by atoms with Crippen molar-refractivity contribution in [1.82, 2.24) is 9.88 Å². The molecule has 0 bridgehead atoms. The third kappa shape index (κ3) is 4.63. The van der Waals surface area contributed by atoms with Gasteiger partial charge in [-0.25, -0.2) is 9.78 Å². The van der Waals surface area contributed by atoms with Crippen molar-refractivity contribution >= 4 is 17.6 Å². The number of amides is 1. The highest BCUT2D eigenvalue weighted by atomic mass is 16.6.